The molecule has 0 saturated heterocycles. The van der Waals surface area contributed by atoms with Crippen LogP contribution in [0.1, 0.15) is 22.8 Å². The Hall–Kier alpha value is -1.62. The van der Waals surface area contributed by atoms with Gasteiger partial charge in [0.2, 0.25) is 0 Å². The van der Waals surface area contributed by atoms with E-state index >= 15 is 0 Å². The smallest absolute Gasteiger partial charge is 0.328 e. The maximum absolute atomic E-state index is 11.8. The number of benzene rings is 1. The number of phenolic OH excluding ortho intramolecular Hbond substituents is 1. The lowest BCUT2D eigenvalue weighted by molar-refractivity contribution is -0.131. The van der Waals surface area contributed by atoms with Gasteiger partial charge in [0, 0.05) is 6.08 Å². The molecule has 4 nitrogen and oxygen atoms in total. The van der Waals surface area contributed by atoms with E-state index in [0.717, 1.165) is 6.08 Å². The van der Waals surface area contributed by atoms with Crippen LogP contribution in [0.4, 0.5) is 0 Å². The summed E-state index contributed by atoms with van der Waals surface area (Å²) in [7, 11) is 0. The van der Waals surface area contributed by atoms with E-state index in [4.69, 9.17) is 5.11 Å². The third-order valence-corrected chi connectivity index (χ3v) is 2.50. The van der Waals surface area contributed by atoms with Crippen molar-refractivity contribution >= 4 is 33.8 Å². The van der Waals surface area contributed by atoms with E-state index < -0.39 is 10.8 Å². The van der Waals surface area contributed by atoms with Crippen LogP contribution in [0.5, 0.6) is 5.75 Å². The summed E-state index contributed by atoms with van der Waals surface area (Å²) in [6.45, 7) is 1.64. The normalized spacial score (nSPS) is 12.6. The number of Topliss-reactive ketones (excluding diaryl/α,β-unsaturated/α-hetero) is 1. The van der Waals surface area contributed by atoms with Crippen molar-refractivity contribution in [2.45, 2.75) is 11.8 Å². The summed E-state index contributed by atoms with van der Waals surface area (Å²) in [6.07, 6.45) is 2.20. The van der Waals surface area contributed by atoms with E-state index in [1.165, 1.54) is 12.1 Å². The maximum Gasteiger partial charge on any atom is 0.328 e. The Morgan fingerprint density at radius 2 is 2.06 bits per heavy atom. The molecule has 2 N–H and O–H groups in total. The highest BCUT2D eigenvalue weighted by molar-refractivity contribution is 9.10. The molecule has 1 aromatic rings. The zero-order valence-electron chi connectivity index (χ0n) is 9.05. The number of rotatable bonds is 4. The highest BCUT2D eigenvalue weighted by Crippen LogP contribution is 2.25. The number of carboxylic acids is 1. The molecule has 0 radical (unpaired) electrons. The van der Waals surface area contributed by atoms with Gasteiger partial charge in [-0.15, -0.1) is 0 Å². The van der Waals surface area contributed by atoms with Crippen molar-refractivity contribution in [1.29, 1.82) is 0 Å². The molecule has 0 aliphatic heterocycles. The second-order valence-electron chi connectivity index (χ2n) is 3.39. The molecular weight excluding hydrogens is 288 g/mol. The fraction of sp³-hybridized carbons (Fsp3) is 0.167. The molecule has 0 heterocycles. The predicted octanol–water partition coefficient (Wildman–Crippen LogP) is 2.46. The Bertz CT molecular complexity index is 477. The molecule has 0 amide bonds. The number of aliphatic carboxylic acids is 1. The van der Waals surface area contributed by atoms with Gasteiger partial charge < -0.3 is 10.2 Å². The molecule has 1 unspecified atom stereocenters. The van der Waals surface area contributed by atoms with E-state index in [0.29, 0.717) is 5.56 Å². The monoisotopic (exact) mass is 298 g/mol. The first-order chi connectivity index (χ1) is 7.93. The first kappa shape index (κ1) is 13.4. The number of hydrogen-bond acceptors (Lipinski definition) is 3. The Morgan fingerprint density at radius 1 is 1.41 bits per heavy atom. The average Bonchev–Trinajstić information content (AvgIpc) is 2.25. The van der Waals surface area contributed by atoms with Crippen LogP contribution >= 0.6 is 15.9 Å². The lowest BCUT2D eigenvalue weighted by Crippen LogP contribution is -2.11. The minimum atomic E-state index is -1.11. The van der Waals surface area contributed by atoms with Crippen LogP contribution in [0.3, 0.4) is 0 Å². The molecule has 0 fully saturated rings. The lowest BCUT2D eigenvalue weighted by atomic mass is 10.0. The molecule has 17 heavy (non-hydrogen) atoms. The summed E-state index contributed by atoms with van der Waals surface area (Å²) in [5, 5.41) is 18.2. The number of hydrogen-bond donors (Lipinski definition) is 2. The van der Waals surface area contributed by atoms with Gasteiger partial charge in [-0.2, -0.15) is 0 Å². The first-order valence-electron chi connectivity index (χ1n) is 4.84. The Morgan fingerprint density at radius 3 is 2.59 bits per heavy atom. The molecule has 1 aromatic carbocycles. The van der Waals surface area contributed by atoms with Gasteiger partial charge in [-0.05, 0) is 24.6 Å². The summed E-state index contributed by atoms with van der Waals surface area (Å²) in [5.41, 5.74) is 0.498. The van der Waals surface area contributed by atoms with Crippen LogP contribution < -0.4 is 0 Å². The second kappa shape index (κ2) is 5.63. The summed E-state index contributed by atoms with van der Waals surface area (Å²) in [6, 6.07) is 4.51. The number of carboxylic acid groups (broad SMARTS) is 1. The highest BCUT2D eigenvalue weighted by atomic mass is 79.9. The number of alkyl halides is 1. The standard InChI is InChI=1S/C12H11BrO4/c1-7(13)12(17)11-8(5-6-10(15)16)3-2-4-9(11)14/h2-7,14H,1H3,(H,15,16). The largest absolute Gasteiger partial charge is 0.507 e. The van der Waals surface area contributed by atoms with Gasteiger partial charge in [0.25, 0.3) is 0 Å². The molecule has 5 heteroatoms. The van der Waals surface area contributed by atoms with Crippen molar-refractivity contribution in [3.05, 3.63) is 35.4 Å². The lowest BCUT2D eigenvalue weighted by Gasteiger charge is -2.08. The number of aromatic hydroxyl groups is 1. The van der Waals surface area contributed by atoms with Crippen LogP contribution in [0, 0.1) is 0 Å². The predicted molar refractivity (Wildman–Crippen MR) is 67.5 cm³/mol. The number of ketones is 1. The van der Waals surface area contributed by atoms with Crippen LogP contribution in [0.2, 0.25) is 0 Å². The molecule has 0 aromatic heterocycles. The summed E-state index contributed by atoms with van der Waals surface area (Å²) >= 11 is 3.12. The number of halogens is 1. The van der Waals surface area contributed by atoms with Crippen molar-refractivity contribution in [2.24, 2.45) is 0 Å². The maximum atomic E-state index is 11.8. The van der Waals surface area contributed by atoms with Crippen molar-refractivity contribution in [2.75, 3.05) is 0 Å². The highest BCUT2D eigenvalue weighted by Gasteiger charge is 2.18. The van der Waals surface area contributed by atoms with Gasteiger partial charge in [-0.1, -0.05) is 28.1 Å². The number of carbonyl (C=O) groups is 2. The van der Waals surface area contributed by atoms with E-state index in [9.17, 15) is 14.7 Å². The zero-order chi connectivity index (χ0) is 13.0. The third-order valence-electron chi connectivity index (χ3n) is 2.09. The quantitative estimate of drug-likeness (QED) is 0.509. The summed E-state index contributed by atoms with van der Waals surface area (Å²) in [5.74, 6) is -1.57. The average molecular weight is 299 g/mol. The zero-order valence-corrected chi connectivity index (χ0v) is 10.6. The minimum Gasteiger partial charge on any atom is -0.507 e. The molecule has 0 bridgehead atoms. The van der Waals surface area contributed by atoms with Crippen LogP contribution in [0.15, 0.2) is 24.3 Å². The number of carbonyl (C=O) groups excluding carboxylic acids is 1. The van der Waals surface area contributed by atoms with E-state index in [2.05, 4.69) is 15.9 Å². The third kappa shape index (κ3) is 3.42. The second-order valence-corrected chi connectivity index (χ2v) is 4.77. The van der Waals surface area contributed by atoms with Gasteiger partial charge in [0.1, 0.15) is 5.75 Å². The molecule has 0 aliphatic rings. The Labute approximate surface area is 107 Å². The van der Waals surface area contributed by atoms with Crippen molar-refractivity contribution in [3.63, 3.8) is 0 Å². The molecule has 1 atom stereocenters. The van der Waals surface area contributed by atoms with Gasteiger partial charge in [-0.25, -0.2) is 4.79 Å². The van der Waals surface area contributed by atoms with E-state index in [-0.39, 0.29) is 17.1 Å². The van der Waals surface area contributed by atoms with Crippen molar-refractivity contribution in [3.8, 4) is 5.75 Å². The van der Waals surface area contributed by atoms with Gasteiger partial charge in [0.15, 0.2) is 5.78 Å². The SMILES string of the molecule is CC(Br)C(=O)c1c(O)cccc1C=CC(=O)O. The first-order valence-corrected chi connectivity index (χ1v) is 5.76. The molecule has 90 valence electrons. The Kier molecular flexibility index (Phi) is 4.45. The van der Waals surface area contributed by atoms with Gasteiger partial charge in [-0.3, -0.25) is 4.79 Å². The van der Waals surface area contributed by atoms with Crippen LogP contribution in [0.25, 0.3) is 6.08 Å². The van der Waals surface area contributed by atoms with Crippen LogP contribution in [-0.2, 0) is 4.79 Å². The van der Waals surface area contributed by atoms with Gasteiger partial charge in [0.05, 0.1) is 10.4 Å². The van der Waals surface area contributed by atoms with E-state index in [1.807, 2.05) is 0 Å². The topological polar surface area (TPSA) is 74.6 Å². The van der Waals surface area contributed by atoms with Gasteiger partial charge >= 0.3 is 5.97 Å². The minimum absolute atomic E-state index is 0.120. The fourth-order valence-corrected chi connectivity index (χ4v) is 1.55. The summed E-state index contributed by atoms with van der Waals surface area (Å²) in [4.78, 5) is 21.8. The van der Waals surface area contributed by atoms with Crippen LogP contribution in [-0.4, -0.2) is 26.8 Å². The van der Waals surface area contributed by atoms with Crippen molar-refractivity contribution in [1.82, 2.24) is 0 Å². The summed E-state index contributed by atoms with van der Waals surface area (Å²) < 4.78 is 0. The van der Waals surface area contributed by atoms with Crippen molar-refractivity contribution < 1.29 is 19.8 Å². The Balaban J connectivity index is 3.27. The fourth-order valence-electron chi connectivity index (χ4n) is 1.32. The molecule has 1 rings (SSSR count). The molecule has 0 saturated carbocycles. The molecule has 0 spiro atoms. The van der Waals surface area contributed by atoms with E-state index in [1.54, 1.807) is 19.1 Å². The number of phenols is 1. The molecule has 0 aliphatic carbocycles. The molecular formula is C12H11BrO4.